The fraction of sp³-hybridized carbons (Fsp3) is 1.00. The molecule has 194 valence electrons. The van der Waals surface area contributed by atoms with Gasteiger partial charge in [-0.05, 0) is 5.92 Å². The topological polar surface area (TPSA) is 0 Å². The van der Waals surface area contributed by atoms with E-state index in [0.717, 1.165) is 5.92 Å². The van der Waals surface area contributed by atoms with Crippen LogP contribution in [-0.4, -0.2) is 0 Å². The second-order valence-electron chi connectivity index (χ2n) is 11.0. The molecule has 0 fully saturated rings. The van der Waals surface area contributed by atoms with Gasteiger partial charge < -0.3 is 0 Å². The molecule has 0 rings (SSSR count). The molecule has 0 saturated heterocycles. The Labute approximate surface area is 206 Å². The Morgan fingerprint density at radius 1 is 0.250 bits per heavy atom. The first-order valence-electron chi connectivity index (χ1n) is 15.8. The van der Waals surface area contributed by atoms with Crippen LogP contribution in [0.2, 0.25) is 0 Å². The molecule has 0 aromatic rings. The van der Waals surface area contributed by atoms with Crippen molar-refractivity contribution < 1.29 is 0 Å². The van der Waals surface area contributed by atoms with Crippen molar-refractivity contribution in [3.05, 3.63) is 0 Å². The van der Waals surface area contributed by atoms with Gasteiger partial charge in [0.15, 0.2) is 0 Å². The van der Waals surface area contributed by atoms with E-state index in [1.54, 1.807) is 0 Å². The Bertz CT molecular complexity index is 307. The minimum atomic E-state index is 1.04. The summed E-state index contributed by atoms with van der Waals surface area (Å²) in [7, 11) is 0. The summed E-state index contributed by atoms with van der Waals surface area (Å²) in [6.07, 6.45) is 41.3. The summed E-state index contributed by atoms with van der Waals surface area (Å²) >= 11 is 0. The molecule has 0 aliphatic rings. The van der Waals surface area contributed by atoms with Gasteiger partial charge in [-0.1, -0.05) is 201 Å². The van der Waals surface area contributed by atoms with Gasteiger partial charge in [0, 0.05) is 0 Å². The van der Waals surface area contributed by atoms with Crippen LogP contribution in [-0.2, 0) is 0 Å². The first-order chi connectivity index (χ1) is 15.8. The van der Waals surface area contributed by atoms with Gasteiger partial charge in [0.25, 0.3) is 0 Å². The zero-order chi connectivity index (χ0) is 23.4. The average molecular weight is 451 g/mol. The molecule has 0 aliphatic carbocycles. The van der Waals surface area contributed by atoms with E-state index in [1.807, 2.05) is 0 Å². The maximum atomic E-state index is 2.34. The number of rotatable bonds is 28. The molecular weight excluding hydrogens is 384 g/mol. The number of hydrogen-bond acceptors (Lipinski definition) is 0. The van der Waals surface area contributed by atoms with E-state index in [-0.39, 0.29) is 0 Å². The standard InChI is InChI=1S/C32H66/c1-4-7-10-13-15-17-18-19-21-23-25-28-31-32(29-26-12-9-6-3)30-27-24-22-20-16-14-11-8-5-2/h32H,4-31H2,1-3H3. The van der Waals surface area contributed by atoms with Crippen molar-refractivity contribution in [2.24, 2.45) is 5.92 Å². The van der Waals surface area contributed by atoms with Crippen LogP contribution in [0.5, 0.6) is 0 Å². The summed E-state index contributed by atoms with van der Waals surface area (Å²) in [4.78, 5) is 0. The lowest BCUT2D eigenvalue weighted by Crippen LogP contribution is -2.01. The van der Waals surface area contributed by atoms with Crippen molar-refractivity contribution in [1.82, 2.24) is 0 Å². The largest absolute Gasteiger partial charge is 0.0654 e. The Morgan fingerprint density at radius 2 is 0.438 bits per heavy atom. The van der Waals surface area contributed by atoms with Crippen molar-refractivity contribution in [3.8, 4) is 0 Å². The van der Waals surface area contributed by atoms with Crippen molar-refractivity contribution in [2.45, 2.75) is 201 Å². The fourth-order valence-electron chi connectivity index (χ4n) is 5.31. The molecule has 1 atom stereocenters. The van der Waals surface area contributed by atoms with Crippen molar-refractivity contribution >= 4 is 0 Å². The second-order valence-corrected chi connectivity index (χ2v) is 11.0. The molecule has 0 nitrogen and oxygen atoms in total. The Hall–Kier alpha value is 0. The first-order valence-corrected chi connectivity index (χ1v) is 15.8. The van der Waals surface area contributed by atoms with Crippen molar-refractivity contribution in [2.75, 3.05) is 0 Å². The molecule has 0 heterocycles. The summed E-state index contributed by atoms with van der Waals surface area (Å²) in [5, 5.41) is 0. The predicted molar refractivity (Wildman–Crippen MR) is 150 cm³/mol. The van der Waals surface area contributed by atoms with Gasteiger partial charge >= 0.3 is 0 Å². The lowest BCUT2D eigenvalue weighted by molar-refractivity contribution is 0.366. The molecule has 0 N–H and O–H groups in total. The highest BCUT2D eigenvalue weighted by Gasteiger charge is 2.08. The molecule has 0 radical (unpaired) electrons. The third-order valence-corrected chi connectivity index (χ3v) is 7.65. The molecule has 1 unspecified atom stereocenters. The van der Waals surface area contributed by atoms with Gasteiger partial charge in [-0.3, -0.25) is 0 Å². The lowest BCUT2D eigenvalue weighted by Gasteiger charge is -2.17. The van der Waals surface area contributed by atoms with Crippen LogP contribution in [0.4, 0.5) is 0 Å². The number of unbranched alkanes of at least 4 members (excludes halogenated alkanes) is 22. The van der Waals surface area contributed by atoms with Crippen molar-refractivity contribution in [3.63, 3.8) is 0 Å². The summed E-state index contributed by atoms with van der Waals surface area (Å²) in [6, 6.07) is 0. The molecule has 0 bridgehead atoms. The quantitative estimate of drug-likeness (QED) is 0.104. The van der Waals surface area contributed by atoms with Crippen LogP contribution < -0.4 is 0 Å². The predicted octanol–water partition coefficient (Wildman–Crippen LogP) is 12.6. The second kappa shape index (κ2) is 29.0. The highest BCUT2D eigenvalue weighted by molar-refractivity contribution is 4.62. The van der Waals surface area contributed by atoms with E-state index in [0.29, 0.717) is 0 Å². The minimum Gasteiger partial charge on any atom is -0.0654 e. The maximum absolute atomic E-state index is 2.34. The Balaban J connectivity index is 3.66. The molecule has 0 saturated carbocycles. The van der Waals surface area contributed by atoms with Crippen LogP contribution >= 0.6 is 0 Å². The molecular formula is C32H66. The van der Waals surface area contributed by atoms with Crippen LogP contribution in [0, 0.1) is 5.92 Å². The van der Waals surface area contributed by atoms with Crippen LogP contribution in [0.3, 0.4) is 0 Å². The normalized spacial score (nSPS) is 12.5. The summed E-state index contributed by atoms with van der Waals surface area (Å²) in [5.74, 6) is 1.04. The van der Waals surface area contributed by atoms with Gasteiger partial charge in [0.05, 0.1) is 0 Å². The van der Waals surface area contributed by atoms with Gasteiger partial charge in [-0.2, -0.15) is 0 Å². The van der Waals surface area contributed by atoms with Gasteiger partial charge in [0.1, 0.15) is 0 Å². The van der Waals surface area contributed by atoms with E-state index in [9.17, 15) is 0 Å². The van der Waals surface area contributed by atoms with E-state index < -0.39 is 0 Å². The third kappa shape index (κ3) is 26.3. The zero-order valence-electron chi connectivity index (χ0n) is 23.4. The monoisotopic (exact) mass is 451 g/mol. The smallest absolute Gasteiger partial charge is 0.0414 e. The zero-order valence-corrected chi connectivity index (χ0v) is 23.4. The van der Waals surface area contributed by atoms with Gasteiger partial charge in [-0.15, -0.1) is 0 Å². The molecule has 0 amide bonds. The van der Waals surface area contributed by atoms with E-state index in [1.165, 1.54) is 180 Å². The van der Waals surface area contributed by atoms with Gasteiger partial charge in [-0.25, -0.2) is 0 Å². The molecule has 0 heteroatoms. The molecule has 0 spiro atoms. The SMILES string of the molecule is CCCCCCCCCCCCCCC(CCCCCC)CCCCCCCCCCC. The highest BCUT2D eigenvalue weighted by atomic mass is 14.1. The van der Waals surface area contributed by atoms with E-state index in [4.69, 9.17) is 0 Å². The van der Waals surface area contributed by atoms with Crippen LogP contribution in [0.25, 0.3) is 0 Å². The van der Waals surface area contributed by atoms with E-state index in [2.05, 4.69) is 20.8 Å². The molecule has 0 aliphatic heterocycles. The van der Waals surface area contributed by atoms with E-state index >= 15 is 0 Å². The summed E-state index contributed by atoms with van der Waals surface area (Å²) < 4.78 is 0. The third-order valence-electron chi connectivity index (χ3n) is 7.65. The Kier molecular flexibility index (Phi) is 29.0. The lowest BCUT2D eigenvalue weighted by atomic mass is 9.89. The fourth-order valence-corrected chi connectivity index (χ4v) is 5.31. The maximum Gasteiger partial charge on any atom is -0.0414 e. The van der Waals surface area contributed by atoms with Crippen molar-refractivity contribution in [1.29, 1.82) is 0 Å². The minimum absolute atomic E-state index is 1.04. The first kappa shape index (κ1) is 32.0. The van der Waals surface area contributed by atoms with Gasteiger partial charge in [0.2, 0.25) is 0 Å². The van der Waals surface area contributed by atoms with Crippen LogP contribution in [0.1, 0.15) is 201 Å². The summed E-state index contributed by atoms with van der Waals surface area (Å²) in [6.45, 7) is 6.97. The Morgan fingerprint density at radius 3 is 0.688 bits per heavy atom. The number of hydrogen-bond donors (Lipinski definition) is 0. The molecule has 0 aromatic carbocycles. The van der Waals surface area contributed by atoms with Crippen LogP contribution in [0.15, 0.2) is 0 Å². The average Bonchev–Trinajstić information content (AvgIpc) is 2.80. The summed E-state index contributed by atoms with van der Waals surface area (Å²) in [5.41, 5.74) is 0. The molecule has 32 heavy (non-hydrogen) atoms. The highest BCUT2D eigenvalue weighted by Crippen LogP contribution is 2.24. The molecule has 0 aromatic heterocycles.